The van der Waals surface area contributed by atoms with Crippen LogP contribution in [0.1, 0.15) is 25.3 Å². The Hall–Kier alpha value is -1.13. The summed E-state index contributed by atoms with van der Waals surface area (Å²) >= 11 is 0. The Morgan fingerprint density at radius 2 is 2.24 bits per heavy atom. The van der Waals surface area contributed by atoms with E-state index in [1.165, 1.54) is 0 Å². The van der Waals surface area contributed by atoms with Crippen molar-refractivity contribution >= 4 is 5.82 Å². The Balaban J connectivity index is 2.00. The SMILES string of the molecule is CC(O)C1CCN(c2cc(CN)ccn2)CC1. The van der Waals surface area contributed by atoms with Crippen LogP contribution in [-0.4, -0.2) is 29.3 Å². The highest BCUT2D eigenvalue weighted by Crippen LogP contribution is 2.24. The van der Waals surface area contributed by atoms with Gasteiger partial charge in [0, 0.05) is 25.8 Å². The molecule has 1 aromatic heterocycles. The lowest BCUT2D eigenvalue weighted by Crippen LogP contribution is -2.37. The van der Waals surface area contributed by atoms with E-state index < -0.39 is 0 Å². The molecule has 0 aromatic carbocycles. The van der Waals surface area contributed by atoms with Crippen molar-refractivity contribution < 1.29 is 5.11 Å². The standard InChI is InChI=1S/C13H21N3O/c1-10(17)12-3-6-16(7-4-12)13-8-11(9-14)2-5-15-13/h2,5,8,10,12,17H,3-4,6-7,9,14H2,1H3. The summed E-state index contributed by atoms with van der Waals surface area (Å²) in [5.74, 6) is 1.45. The average Bonchev–Trinajstić information content (AvgIpc) is 2.39. The van der Waals surface area contributed by atoms with E-state index in [0.29, 0.717) is 12.5 Å². The molecule has 0 amide bonds. The number of hydrogen-bond donors (Lipinski definition) is 2. The Morgan fingerprint density at radius 3 is 2.82 bits per heavy atom. The van der Waals surface area contributed by atoms with Crippen molar-refractivity contribution in [1.29, 1.82) is 0 Å². The lowest BCUT2D eigenvalue weighted by molar-refractivity contribution is 0.110. The van der Waals surface area contributed by atoms with Gasteiger partial charge in [-0.2, -0.15) is 0 Å². The van der Waals surface area contributed by atoms with Gasteiger partial charge in [0.05, 0.1) is 6.10 Å². The molecule has 2 heterocycles. The number of hydrogen-bond acceptors (Lipinski definition) is 4. The summed E-state index contributed by atoms with van der Waals surface area (Å²) in [4.78, 5) is 6.66. The molecule has 2 rings (SSSR count). The van der Waals surface area contributed by atoms with Crippen molar-refractivity contribution in [3.05, 3.63) is 23.9 Å². The summed E-state index contributed by atoms with van der Waals surface area (Å²) in [5.41, 5.74) is 6.75. The Morgan fingerprint density at radius 1 is 1.53 bits per heavy atom. The van der Waals surface area contributed by atoms with E-state index >= 15 is 0 Å². The molecule has 0 saturated carbocycles. The second-order valence-corrected chi connectivity index (χ2v) is 4.79. The fourth-order valence-corrected chi connectivity index (χ4v) is 2.37. The molecule has 0 bridgehead atoms. The van der Waals surface area contributed by atoms with Crippen LogP contribution in [0.5, 0.6) is 0 Å². The molecule has 4 heteroatoms. The highest BCUT2D eigenvalue weighted by atomic mass is 16.3. The quantitative estimate of drug-likeness (QED) is 0.824. The predicted molar refractivity (Wildman–Crippen MR) is 68.7 cm³/mol. The number of nitrogens with two attached hydrogens (primary N) is 1. The second kappa shape index (κ2) is 5.47. The van der Waals surface area contributed by atoms with Gasteiger partial charge in [-0.25, -0.2) is 4.98 Å². The number of aromatic nitrogens is 1. The monoisotopic (exact) mass is 235 g/mol. The van der Waals surface area contributed by atoms with Crippen LogP contribution in [0.4, 0.5) is 5.82 Å². The summed E-state index contributed by atoms with van der Waals surface area (Å²) < 4.78 is 0. The average molecular weight is 235 g/mol. The van der Waals surface area contributed by atoms with Crippen LogP contribution in [0, 0.1) is 5.92 Å². The molecule has 1 aliphatic rings. The summed E-state index contributed by atoms with van der Waals surface area (Å²) in [5, 5.41) is 9.57. The lowest BCUT2D eigenvalue weighted by atomic mass is 9.92. The van der Waals surface area contributed by atoms with Crippen LogP contribution in [0.2, 0.25) is 0 Å². The molecule has 94 valence electrons. The van der Waals surface area contributed by atoms with Crippen molar-refractivity contribution in [2.45, 2.75) is 32.4 Å². The molecule has 17 heavy (non-hydrogen) atoms. The van der Waals surface area contributed by atoms with E-state index in [2.05, 4.69) is 16.0 Å². The first-order valence-corrected chi connectivity index (χ1v) is 6.28. The summed E-state index contributed by atoms with van der Waals surface area (Å²) in [6.07, 6.45) is 3.69. The zero-order valence-electron chi connectivity index (χ0n) is 10.3. The highest BCUT2D eigenvalue weighted by molar-refractivity contribution is 5.41. The van der Waals surface area contributed by atoms with Crippen LogP contribution >= 0.6 is 0 Å². The number of anilines is 1. The van der Waals surface area contributed by atoms with Crippen LogP contribution in [0.25, 0.3) is 0 Å². The van der Waals surface area contributed by atoms with Gasteiger partial charge in [0.2, 0.25) is 0 Å². The van der Waals surface area contributed by atoms with Gasteiger partial charge >= 0.3 is 0 Å². The third kappa shape index (κ3) is 2.96. The van der Waals surface area contributed by atoms with Crippen molar-refractivity contribution in [3.63, 3.8) is 0 Å². The third-order valence-corrected chi connectivity index (χ3v) is 3.59. The Kier molecular flexibility index (Phi) is 3.97. The predicted octanol–water partition coefficient (Wildman–Crippen LogP) is 1.14. The van der Waals surface area contributed by atoms with E-state index in [-0.39, 0.29) is 6.10 Å². The van der Waals surface area contributed by atoms with E-state index in [0.717, 1.165) is 37.3 Å². The smallest absolute Gasteiger partial charge is 0.128 e. The largest absolute Gasteiger partial charge is 0.393 e. The van der Waals surface area contributed by atoms with Gasteiger partial charge in [0.1, 0.15) is 5.82 Å². The van der Waals surface area contributed by atoms with Crippen molar-refractivity contribution in [3.8, 4) is 0 Å². The van der Waals surface area contributed by atoms with Crippen LogP contribution < -0.4 is 10.6 Å². The van der Waals surface area contributed by atoms with E-state index in [4.69, 9.17) is 5.73 Å². The highest BCUT2D eigenvalue weighted by Gasteiger charge is 2.23. The first-order valence-electron chi connectivity index (χ1n) is 6.28. The minimum Gasteiger partial charge on any atom is -0.393 e. The molecule has 0 radical (unpaired) electrons. The second-order valence-electron chi connectivity index (χ2n) is 4.79. The Bertz CT molecular complexity index is 359. The fourth-order valence-electron chi connectivity index (χ4n) is 2.37. The van der Waals surface area contributed by atoms with Crippen molar-refractivity contribution in [1.82, 2.24) is 4.98 Å². The normalized spacial score (nSPS) is 19.4. The molecule has 4 nitrogen and oxygen atoms in total. The minimum absolute atomic E-state index is 0.194. The van der Waals surface area contributed by atoms with E-state index in [1.807, 2.05) is 19.2 Å². The number of nitrogens with zero attached hydrogens (tertiary/aromatic N) is 2. The number of aliphatic hydroxyl groups is 1. The summed E-state index contributed by atoms with van der Waals surface area (Å²) in [6, 6.07) is 4.01. The van der Waals surface area contributed by atoms with Gasteiger partial charge in [0.25, 0.3) is 0 Å². The summed E-state index contributed by atoms with van der Waals surface area (Å²) in [7, 11) is 0. The molecule has 1 unspecified atom stereocenters. The molecule has 1 saturated heterocycles. The van der Waals surface area contributed by atoms with Crippen molar-refractivity contribution in [2.75, 3.05) is 18.0 Å². The maximum absolute atomic E-state index is 9.57. The van der Waals surface area contributed by atoms with Gasteiger partial charge in [0.15, 0.2) is 0 Å². The topological polar surface area (TPSA) is 62.4 Å². The molecule has 1 atom stereocenters. The number of pyridine rings is 1. The van der Waals surface area contributed by atoms with Gasteiger partial charge in [-0.15, -0.1) is 0 Å². The van der Waals surface area contributed by atoms with E-state index in [1.54, 1.807) is 0 Å². The lowest BCUT2D eigenvalue weighted by Gasteiger charge is -2.34. The van der Waals surface area contributed by atoms with Gasteiger partial charge in [-0.1, -0.05) is 0 Å². The van der Waals surface area contributed by atoms with Crippen LogP contribution in [-0.2, 0) is 6.54 Å². The maximum atomic E-state index is 9.57. The van der Waals surface area contributed by atoms with E-state index in [9.17, 15) is 5.11 Å². The number of aliphatic hydroxyl groups excluding tert-OH is 1. The fraction of sp³-hybridized carbons (Fsp3) is 0.615. The molecule has 1 aliphatic heterocycles. The minimum atomic E-state index is -0.194. The van der Waals surface area contributed by atoms with Crippen molar-refractivity contribution in [2.24, 2.45) is 11.7 Å². The molecule has 1 aromatic rings. The molecule has 0 spiro atoms. The first kappa shape index (κ1) is 12.3. The zero-order valence-corrected chi connectivity index (χ0v) is 10.3. The number of piperidine rings is 1. The molecule has 0 aliphatic carbocycles. The van der Waals surface area contributed by atoms with Gasteiger partial charge < -0.3 is 15.7 Å². The zero-order chi connectivity index (χ0) is 12.3. The molecule has 3 N–H and O–H groups in total. The molecule has 1 fully saturated rings. The Labute approximate surface area is 102 Å². The molecular formula is C13H21N3O. The van der Waals surface area contributed by atoms with Crippen LogP contribution in [0.15, 0.2) is 18.3 Å². The van der Waals surface area contributed by atoms with Crippen LogP contribution in [0.3, 0.4) is 0 Å². The summed E-state index contributed by atoms with van der Waals surface area (Å²) in [6.45, 7) is 4.38. The van der Waals surface area contributed by atoms with Gasteiger partial charge in [-0.3, -0.25) is 0 Å². The van der Waals surface area contributed by atoms with Gasteiger partial charge in [-0.05, 0) is 43.4 Å². The third-order valence-electron chi connectivity index (χ3n) is 3.59. The maximum Gasteiger partial charge on any atom is 0.128 e. The number of rotatable bonds is 3. The molecular weight excluding hydrogens is 214 g/mol. The first-order chi connectivity index (χ1) is 8.20.